The van der Waals surface area contributed by atoms with E-state index in [9.17, 15) is 9.59 Å². The van der Waals surface area contributed by atoms with Crippen molar-refractivity contribution in [3.05, 3.63) is 0 Å². The predicted octanol–water partition coefficient (Wildman–Crippen LogP) is 1.12. The van der Waals surface area contributed by atoms with E-state index in [4.69, 9.17) is 4.74 Å². The van der Waals surface area contributed by atoms with Crippen molar-refractivity contribution in [2.75, 3.05) is 0 Å². The van der Waals surface area contributed by atoms with Gasteiger partial charge < -0.3 is 4.74 Å². The van der Waals surface area contributed by atoms with Crippen molar-refractivity contribution < 1.29 is 14.3 Å². The van der Waals surface area contributed by atoms with Gasteiger partial charge in [-0.15, -0.1) is 0 Å². The topological polar surface area (TPSA) is 43.4 Å². The highest BCUT2D eigenvalue weighted by atomic mass is 16.6. The number of cyclic esters (lactones) is 2. The molecule has 5 rings (SSSR count). The van der Waals surface area contributed by atoms with Crippen molar-refractivity contribution >= 4 is 11.9 Å². The molecule has 5 atom stereocenters. The van der Waals surface area contributed by atoms with Crippen LogP contribution in [0.5, 0.6) is 0 Å². The summed E-state index contributed by atoms with van der Waals surface area (Å²) in [7, 11) is 0. The lowest BCUT2D eigenvalue weighted by molar-refractivity contribution is -0.155. The third kappa shape index (κ3) is 0.466. The number of ether oxygens (including phenoxy) is 1. The van der Waals surface area contributed by atoms with Crippen LogP contribution in [0.2, 0.25) is 0 Å². The highest BCUT2D eigenvalue weighted by Crippen LogP contribution is 2.97. The predicted molar refractivity (Wildman–Crippen MR) is 48.4 cm³/mol. The van der Waals surface area contributed by atoms with E-state index in [2.05, 4.69) is 0 Å². The summed E-state index contributed by atoms with van der Waals surface area (Å²) in [6, 6.07) is 0. The van der Waals surface area contributed by atoms with Gasteiger partial charge in [0.25, 0.3) is 0 Å². The van der Waals surface area contributed by atoms with Gasteiger partial charge in [0.15, 0.2) is 0 Å². The minimum Gasteiger partial charge on any atom is -0.393 e. The smallest absolute Gasteiger partial charge is 0.317 e. The minimum absolute atomic E-state index is 0.0347. The van der Waals surface area contributed by atoms with E-state index in [1.807, 2.05) is 0 Å². The number of carbonyl (C=O) groups is 2. The summed E-state index contributed by atoms with van der Waals surface area (Å²) >= 11 is 0. The van der Waals surface area contributed by atoms with Crippen LogP contribution in [0.25, 0.3) is 0 Å². The standard InChI is InChI=1S/C12H12O3/c13-9-6-5-1-2-12(5)8(11(12)3-4-11)7(6)10(14)15-9/h5-8H,1-4H2. The van der Waals surface area contributed by atoms with Crippen molar-refractivity contribution in [1.82, 2.24) is 0 Å². The molecule has 0 aromatic rings. The maximum Gasteiger partial charge on any atom is 0.317 e. The molecule has 4 aliphatic carbocycles. The molecule has 0 aromatic carbocycles. The molecule has 1 aliphatic heterocycles. The molecule has 5 aliphatic rings. The number of hydrogen-bond donors (Lipinski definition) is 0. The first kappa shape index (κ1) is 7.42. The first-order valence-electron chi connectivity index (χ1n) is 5.98. The maximum absolute atomic E-state index is 11.7. The van der Waals surface area contributed by atoms with Gasteiger partial charge in [-0.1, -0.05) is 0 Å². The Morgan fingerprint density at radius 1 is 1.07 bits per heavy atom. The molecule has 4 saturated carbocycles. The van der Waals surface area contributed by atoms with E-state index in [-0.39, 0.29) is 23.8 Å². The third-order valence-corrected chi connectivity index (χ3v) is 6.24. The molecule has 2 spiro atoms. The molecule has 1 saturated heterocycles. The Labute approximate surface area is 87.2 Å². The summed E-state index contributed by atoms with van der Waals surface area (Å²) in [5.74, 6) is 0.557. The van der Waals surface area contributed by atoms with Gasteiger partial charge in [0.1, 0.15) is 0 Å². The Morgan fingerprint density at radius 3 is 2.40 bits per heavy atom. The van der Waals surface area contributed by atoms with Crippen LogP contribution >= 0.6 is 0 Å². The molecule has 5 unspecified atom stereocenters. The van der Waals surface area contributed by atoms with Crippen molar-refractivity contribution in [3.63, 3.8) is 0 Å². The zero-order valence-corrected chi connectivity index (χ0v) is 8.36. The quantitative estimate of drug-likeness (QED) is 0.438. The van der Waals surface area contributed by atoms with E-state index in [0.29, 0.717) is 22.7 Å². The van der Waals surface area contributed by atoms with Crippen molar-refractivity contribution in [1.29, 1.82) is 0 Å². The summed E-state index contributed by atoms with van der Waals surface area (Å²) in [5, 5.41) is 0. The molecule has 3 heteroatoms. The van der Waals surface area contributed by atoms with Crippen molar-refractivity contribution in [2.45, 2.75) is 25.7 Å². The second-order valence-electron chi connectivity index (χ2n) is 6.11. The number of fused-ring (bicyclic) bond motifs is 4. The minimum atomic E-state index is -0.211. The molecule has 3 nitrogen and oxygen atoms in total. The normalized spacial score (nSPS) is 60.5. The fourth-order valence-electron chi connectivity index (χ4n) is 5.72. The lowest BCUT2D eigenvalue weighted by Crippen LogP contribution is -2.36. The van der Waals surface area contributed by atoms with Gasteiger partial charge in [-0.25, -0.2) is 0 Å². The lowest BCUT2D eigenvalue weighted by atomic mass is 9.64. The molecule has 1 heterocycles. The largest absolute Gasteiger partial charge is 0.393 e. The maximum atomic E-state index is 11.7. The molecule has 0 bridgehead atoms. The summed E-state index contributed by atoms with van der Waals surface area (Å²) in [4.78, 5) is 23.3. The molecule has 0 radical (unpaired) electrons. The van der Waals surface area contributed by atoms with Crippen LogP contribution in [0.4, 0.5) is 0 Å². The van der Waals surface area contributed by atoms with Gasteiger partial charge >= 0.3 is 11.9 Å². The second kappa shape index (κ2) is 1.66. The molecule has 0 N–H and O–H groups in total. The van der Waals surface area contributed by atoms with Gasteiger partial charge in [-0.3, -0.25) is 9.59 Å². The fourth-order valence-corrected chi connectivity index (χ4v) is 5.72. The van der Waals surface area contributed by atoms with Gasteiger partial charge in [0, 0.05) is 0 Å². The third-order valence-electron chi connectivity index (χ3n) is 6.24. The van der Waals surface area contributed by atoms with E-state index < -0.39 is 0 Å². The fraction of sp³-hybridized carbons (Fsp3) is 0.833. The Kier molecular flexibility index (Phi) is 0.822. The first-order chi connectivity index (χ1) is 7.22. The summed E-state index contributed by atoms with van der Waals surface area (Å²) in [5.41, 5.74) is 0.957. The molecule has 0 amide bonds. The van der Waals surface area contributed by atoms with Gasteiger partial charge in [-0.05, 0) is 48.3 Å². The van der Waals surface area contributed by atoms with E-state index >= 15 is 0 Å². The van der Waals surface area contributed by atoms with Crippen molar-refractivity contribution in [3.8, 4) is 0 Å². The van der Waals surface area contributed by atoms with Crippen molar-refractivity contribution in [2.24, 2.45) is 34.5 Å². The van der Waals surface area contributed by atoms with Gasteiger partial charge in [0.05, 0.1) is 11.8 Å². The lowest BCUT2D eigenvalue weighted by Gasteiger charge is -2.38. The van der Waals surface area contributed by atoms with Crippen LogP contribution < -0.4 is 0 Å². The van der Waals surface area contributed by atoms with E-state index in [1.54, 1.807) is 0 Å². The first-order valence-corrected chi connectivity index (χ1v) is 5.98. The Morgan fingerprint density at radius 2 is 1.80 bits per heavy atom. The highest BCUT2D eigenvalue weighted by molar-refractivity contribution is 5.98. The van der Waals surface area contributed by atoms with Crippen LogP contribution in [-0.2, 0) is 14.3 Å². The van der Waals surface area contributed by atoms with Crippen LogP contribution in [-0.4, -0.2) is 11.9 Å². The van der Waals surface area contributed by atoms with Crippen LogP contribution in [0.3, 0.4) is 0 Å². The van der Waals surface area contributed by atoms with Crippen LogP contribution in [0.15, 0.2) is 0 Å². The molecule has 15 heavy (non-hydrogen) atoms. The number of carbonyl (C=O) groups excluding carboxylic acids is 2. The van der Waals surface area contributed by atoms with Crippen LogP contribution in [0, 0.1) is 34.5 Å². The average molecular weight is 204 g/mol. The second-order valence-corrected chi connectivity index (χ2v) is 6.11. The van der Waals surface area contributed by atoms with E-state index in [0.717, 1.165) is 6.42 Å². The average Bonchev–Trinajstić information content (AvgIpc) is 2.99. The van der Waals surface area contributed by atoms with Gasteiger partial charge in [0.2, 0.25) is 0 Å². The molecule has 0 aromatic heterocycles. The Hall–Kier alpha value is -0.860. The SMILES string of the molecule is O=C1OC(=O)C2C1C1CCC13C2C31CC1. The van der Waals surface area contributed by atoms with Gasteiger partial charge in [-0.2, -0.15) is 0 Å². The van der Waals surface area contributed by atoms with E-state index in [1.165, 1.54) is 19.3 Å². The highest BCUT2D eigenvalue weighted by Gasteiger charge is 2.94. The number of esters is 2. The molecule has 5 fully saturated rings. The Bertz CT molecular complexity index is 436. The number of hydrogen-bond acceptors (Lipinski definition) is 3. The zero-order valence-electron chi connectivity index (χ0n) is 8.36. The molecular weight excluding hydrogens is 192 g/mol. The summed E-state index contributed by atoms with van der Waals surface area (Å²) < 4.78 is 4.82. The summed E-state index contributed by atoms with van der Waals surface area (Å²) in [6.45, 7) is 0. The Balaban J connectivity index is 1.70. The number of rotatable bonds is 0. The monoisotopic (exact) mass is 204 g/mol. The molecule has 78 valence electrons. The summed E-state index contributed by atoms with van der Waals surface area (Å²) in [6.07, 6.45) is 5.04. The molecular formula is C12H12O3. The zero-order chi connectivity index (χ0) is 10.00. The van der Waals surface area contributed by atoms with Crippen LogP contribution in [0.1, 0.15) is 25.7 Å².